The minimum Gasteiger partial charge on any atom is -0.491 e. The second kappa shape index (κ2) is 10.4. The van der Waals surface area contributed by atoms with Crippen molar-refractivity contribution in [3.05, 3.63) is 35.8 Å². The monoisotopic (exact) mass is 341 g/mol. The van der Waals surface area contributed by atoms with E-state index in [0.717, 1.165) is 6.42 Å². The third kappa shape index (κ3) is 7.21. The van der Waals surface area contributed by atoms with Crippen molar-refractivity contribution in [1.29, 1.82) is 0 Å². The average Bonchev–Trinajstić information content (AvgIpc) is 2.52. The lowest BCUT2D eigenvalue weighted by atomic mass is 10.2. The summed E-state index contributed by atoms with van der Waals surface area (Å²) in [6, 6.07) is 3.89. The van der Waals surface area contributed by atoms with Crippen molar-refractivity contribution in [2.45, 2.75) is 26.7 Å². The summed E-state index contributed by atoms with van der Waals surface area (Å²) in [5.41, 5.74) is 0.375. The van der Waals surface area contributed by atoms with Gasteiger partial charge in [0.05, 0.1) is 12.3 Å². The summed E-state index contributed by atoms with van der Waals surface area (Å²) in [6.07, 6.45) is 1.76. The Kier molecular flexibility index (Phi) is 8.46. The third-order valence-corrected chi connectivity index (χ3v) is 2.81. The van der Waals surface area contributed by atoms with Crippen molar-refractivity contribution < 1.29 is 27.8 Å². The second-order valence-electron chi connectivity index (χ2n) is 5.04. The highest BCUT2D eigenvalue weighted by Crippen LogP contribution is 2.27. The minimum absolute atomic E-state index is 0.0950. The summed E-state index contributed by atoms with van der Waals surface area (Å²) in [4.78, 5) is 22.0. The molecule has 0 bridgehead atoms. The number of nitrogens with one attached hydrogen (secondary N) is 1. The molecule has 1 N–H and O–H groups in total. The summed E-state index contributed by atoms with van der Waals surface area (Å²) < 4.78 is 36.8. The summed E-state index contributed by atoms with van der Waals surface area (Å²) >= 11 is 0. The lowest BCUT2D eigenvalue weighted by Crippen LogP contribution is -2.11. The molecule has 1 aromatic carbocycles. The minimum atomic E-state index is -0.867. The van der Waals surface area contributed by atoms with Crippen molar-refractivity contribution in [2.24, 2.45) is 0 Å². The topological polar surface area (TPSA) is 64.6 Å². The Hall–Kier alpha value is -2.44. The van der Waals surface area contributed by atoms with Crippen LogP contribution in [0, 0.1) is 5.82 Å². The van der Waals surface area contributed by atoms with E-state index in [1.165, 1.54) is 31.2 Å². The van der Waals surface area contributed by atoms with Gasteiger partial charge in [-0.05, 0) is 31.6 Å². The number of Topliss-reactive ketones (excluding diaryl/α,β-unsaturated/α-hetero) is 1. The number of esters is 1. The Morgan fingerprint density at radius 3 is 2.71 bits per heavy atom. The molecular formula is C17H21F2NO4. The number of hydrogen-bond donors (Lipinski definition) is 1. The van der Waals surface area contributed by atoms with Gasteiger partial charge in [-0.15, -0.1) is 0 Å². The van der Waals surface area contributed by atoms with Gasteiger partial charge in [0, 0.05) is 11.8 Å². The number of benzene rings is 1. The lowest BCUT2D eigenvalue weighted by molar-refractivity contribution is -0.144. The van der Waals surface area contributed by atoms with Gasteiger partial charge in [0.2, 0.25) is 0 Å². The molecule has 0 fully saturated rings. The molecule has 0 atom stereocenters. The molecule has 132 valence electrons. The molecule has 24 heavy (non-hydrogen) atoms. The van der Waals surface area contributed by atoms with Gasteiger partial charge in [0.25, 0.3) is 0 Å². The smallest absolute Gasteiger partial charge is 0.313 e. The van der Waals surface area contributed by atoms with Crippen LogP contribution in [0.1, 0.15) is 26.7 Å². The van der Waals surface area contributed by atoms with E-state index in [1.54, 1.807) is 0 Å². The van der Waals surface area contributed by atoms with Crippen LogP contribution in [0.15, 0.2) is 30.0 Å². The molecule has 0 aromatic heterocycles. The molecule has 1 rings (SSSR count). The van der Waals surface area contributed by atoms with Gasteiger partial charge >= 0.3 is 5.97 Å². The Labute approximate surface area is 139 Å². The summed E-state index contributed by atoms with van der Waals surface area (Å²) in [7, 11) is 0. The molecule has 1 aromatic rings. The molecule has 5 nitrogen and oxygen atoms in total. The molecule has 0 saturated heterocycles. The zero-order valence-corrected chi connectivity index (χ0v) is 13.7. The maximum absolute atomic E-state index is 13.4. The van der Waals surface area contributed by atoms with Crippen LogP contribution in [0.2, 0.25) is 0 Å². The fourth-order valence-electron chi connectivity index (χ4n) is 1.74. The first kappa shape index (κ1) is 19.6. The predicted molar refractivity (Wildman–Crippen MR) is 86.1 cm³/mol. The molecule has 0 heterocycles. The van der Waals surface area contributed by atoms with Crippen molar-refractivity contribution in [2.75, 3.05) is 25.2 Å². The number of alkyl halides is 1. The van der Waals surface area contributed by atoms with E-state index < -0.39 is 18.5 Å². The normalized spacial score (nSPS) is 11.1. The first-order valence-corrected chi connectivity index (χ1v) is 7.55. The first-order chi connectivity index (χ1) is 11.5. The SMILES string of the molecule is CCCOc1ccc(F)cc1NC(=CCOC(=O)CC(C)=O)CF. The highest BCUT2D eigenvalue weighted by Gasteiger charge is 2.09. The summed E-state index contributed by atoms with van der Waals surface area (Å²) in [5.74, 6) is -1.10. The fourth-order valence-corrected chi connectivity index (χ4v) is 1.74. The maximum Gasteiger partial charge on any atom is 0.313 e. The second-order valence-corrected chi connectivity index (χ2v) is 5.04. The molecular weight excluding hydrogens is 320 g/mol. The number of allylic oxidation sites excluding steroid dienone is 1. The Morgan fingerprint density at radius 1 is 1.33 bits per heavy atom. The van der Waals surface area contributed by atoms with Crippen LogP contribution in [0.25, 0.3) is 0 Å². The maximum atomic E-state index is 13.4. The van der Waals surface area contributed by atoms with Crippen molar-refractivity contribution >= 4 is 17.4 Å². The Bertz CT molecular complexity index is 602. The van der Waals surface area contributed by atoms with Gasteiger partial charge in [-0.1, -0.05) is 6.92 Å². The van der Waals surface area contributed by atoms with E-state index in [2.05, 4.69) is 5.32 Å². The highest BCUT2D eigenvalue weighted by atomic mass is 19.1. The zero-order valence-electron chi connectivity index (χ0n) is 13.7. The zero-order chi connectivity index (χ0) is 17.9. The molecule has 0 radical (unpaired) electrons. The van der Waals surface area contributed by atoms with Crippen LogP contribution in [-0.4, -0.2) is 31.6 Å². The van der Waals surface area contributed by atoms with Crippen LogP contribution in [0.3, 0.4) is 0 Å². The third-order valence-electron chi connectivity index (χ3n) is 2.81. The van der Waals surface area contributed by atoms with Crippen LogP contribution in [0.4, 0.5) is 14.5 Å². The number of anilines is 1. The lowest BCUT2D eigenvalue weighted by Gasteiger charge is -2.14. The van der Waals surface area contributed by atoms with Crippen molar-refractivity contribution in [1.82, 2.24) is 0 Å². The Balaban J connectivity index is 2.73. The largest absolute Gasteiger partial charge is 0.491 e. The van der Waals surface area contributed by atoms with E-state index in [9.17, 15) is 18.4 Å². The number of carbonyl (C=O) groups excluding carboxylic acids is 2. The molecule has 0 aliphatic heterocycles. The molecule has 0 saturated carbocycles. The summed E-state index contributed by atoms with van der Waals surface area (Å²) in [6.45, 7) is 2.58. The van der Waals surface area contributed by atoms with Gasteiger partial charge in [-0.2, -0.15) is 0 Å². The van der Waals surface area contributed by atoms with Crippen molar-refractivity contribution in [3.8, 4) is 5.75 Å². The average molecular weight is 341 g/mol. The van der Waals surface area contributed by atoms with Gasteiger partial charge in [-0.3, -0.25) is 9.59 Å². The predicted octanol–water partition coefficient (Wildman–Crippen LogP) is 3.40. The van der Waals surface area contributed by atoms with Gasteiger partial charge in [0.15, 0.2) is 0 Å². The van der Waals surface area contributed by atoms with Crippen LogP contribution >= 0.6 is 0 Å². The highest BCUT2D eigenvalue weighted by molar-refractivity contribution is 5.94. The number of rotatable bonds is 10. The molecule has 0 unspecified atom stereocenters. The van der Waals surface area contributed by atoms with E-state index in [1.807, 2.05) is 6.92 Å². The number of halogens is 2. The first-order valence-electron chi connectivity index (χ1n) is 7.55. The molecule has 0 aliphatic rings. The molecule has 0 amide bonds. The van der Waals surface area contributed by atoms with Gasteiger partial charge < -0.3 is 14.8 Å². The van der Waals surface area contributed by atoms with Gasteiger partial charge in [0.1, 0.15) is 37.1 Å². The van der Waals surface area contributed by atoms with E-state index >= 15 is 0 Å². The number of hydrogen-bond acceptors (Lipinski definition) is 5. The van der Waals surface area contributed by atoms with E-state index in [0.29, 0.717) is 12.4 Å². The number of ketones is 1. The van der Waals surface area contributed by atoms with Crippen LogP contribution in [-0.2, 0) is 14.3 Å². The van der Waals surface area contributed by atoms with Crippen molar-refractivity contribution in [3.63, 3.8) is 0 Å². The number of ether oxygens (including phenoxy) is 2. The molecule has 7 heteroatoms. The Morgan fingerprint density at radius 2 is 2.08 bits per heavy atom. The quantitative estimate of drug-likeness (QED) is 0.522. The fraction of sp³-hybridized carbons (Fsp3) is 0.412. The van der Waals surface area contributed by atoms with Crippen LogP contribution < -0.4 is 10.1 Å². The van der Waals surface area contributed by atoms with E-state index in [4.69, 9.17) is 9.47 Å². The molecule has 0 aliphatic carbocycles. The van der Waals surface area contributed by atoms with E-state index in [-0.39, 0.29) is 30.2 Å². The standard InChI is InChI=1S/C17H21F2NO4/c1-3-7-23-16-5-4-13(19)10-15(16)20-14(11-18)6-8-24-17(22)9-12(2)21/h4-6,10,20H,3,7-9,11H2,1-2H3. The molecule has 0 spiro atoms. The van der Waals surface area contributed by atoms with Crippen LogP contribution in [0.5, 0.6) is 5.75 Å². The summed E-state index contributed by atoms with van der Waals surface area (Å²) in [5, 5.41) is 2.72. The van der Waals surface area contributed by atoms with Gasteiger partial charge in [-0.25, -0.2) is 8.78 Å². The number of carbonyl (C=O) groups is 2.